The second-order valence-corrected chi connectivity index (χ2v) is 8.21. The van der Waals surface area contributed by atoms with Crippen molar-refractivity contribution in [3.05, 3.63) is 76.8 Å². The quantitative estimate of drug-likeness (QED) is 0.276. The molecule has 0 unspecified atom stereocenters. The SMILES string of the molecule is C=CC(=O)Oc1ccc(N2C(=O)C(=C(C)C)/C(=C(\c3cc(C)oc3C)C(C)C)C2=O)cc1. The molecule has 32 heavy (non-hydrogen) atoms. The number of allylic oxidation sites excluding steroid dienone is 2. The summed E-state index contributed by atoms with van der Waals surface area (Å²) in [7, 11) is 0. The fourth-order valence-electron chi connectivity index (χ4n) is 3.93. The van der Waals surface area contributed by atoms with Gasteiger partial charge in [0.15, 0.2) is 0 Å². The normalized spacial score (nSPS) is 15.5. The zero-order chi connectivity index (χ0) is 23.7. The third-order valence-corrected chi connectivity index (χ3v) is 5.24. The standard InChI is InChI=1S/C26H27NO5/c1-8-21(28)32-19-11-9-18(10-12-19)27-25(29)23(15(4)5)24(26(27)30)22(14(2)3)20-13-16(6)31-17(20)7/h8-14H,1H2,2-7H3/b24-22+. The average molecular weight is 434 g/mol. The summed E-state index contributed by atoms with van der Waals surface area (Å²) in [6, 6.07) is 8.14. The van der Waals surface area contributed by atoms with Gasteiger partial charge >= 0.3 is 5.97 Å². The smallest absolute Gasteiger partial charge is 0.335 e. The molecule has 2 aromatic rings. The first kappa shape index (κ1) is 23.0. The molecule has 0 radical (unpaired) electrons. The van der Waals surface area contributed by atoms with Gasteiger partial charge in [0.2, 0.25) is 0 Å². The Morgan fingerprint density at radius 3 is 2.12 bits per heavy atom. The molecule has 1 fully saturated rings. The highest BCUT2D eigenvalue weighted by Crippen LogP contribution is 2.41. The molecule has 0 saturated carbocycles. The maximum Gasteiger partial charge on any atom is 0.335 e. The minimum absolute atomic E-state index is 0.0209. The van der Waals surface area contributed by atoms with Crippen LogP contribution in [0.2, 0.25) is 0 Å². The van der Waals surface area contributed by atoms with E-state index in [0.717, 1.165) is 28.5 Å². The Bertz CT molecular complexity index is 1170. The van der Waals surface area contributed by atoms with Gasteiger partial charge in [-0.05, 0) is 69.5 Å². The lowest BCUT2D eigenvalue weighted by Gasteiger charge is -2.16. The first-order valence-corrected chi connectivity index (χ1v) is 10.4. The van der Waals surface area contributed by atoms with Gasteiger partial charge < -0.3 is 9.15 Å². The summed E-state index contributed by atoms with van der Waals surface area (Å²) >= 11 is 0. The molecule has 0 bridgehead atoms. The number of ether oxygens (including phenoxy) is 1. The predicted octanol–water partition coefficient (Wildman–Crippen LogP) is 5.31. The number of hydrogen-bond acceptors (Lipinski definition) is 5. The van der Waals surface area contributed by atoms with Crippen LogP contribution in [-0.2, 0) is 14.4 Å². The van der Waals surface area contributed by atoms with E-state index in [9.17, 15) is 14.4 Å². The van der Waals surface area contributed by atoms with Crippen molar-refractivity contribution in [2.75, 3.05) is 4.90 Å². The van der Waals surface area contributed by atoms with E-state index in [4.69, 9.17) is 9.15 Å². The first-order chi connectivity index (χ1) is 15.1. The van der Waals surface area contributed by atoms with Crippen LogP contribution in [0.1, 0.15) is 44.8 Å². The lowest BCUT2D eigenvalue weighted by Crippen LogP contribution is -2.29. The van der Waals surface area contributed by atoms with Crippen LogP contribution in [0.15, 0.2) is 64.1 Å². The van der Waals surface area contributed by atoms with Crippen LogP contribution < -0.4 is 9.64 Å². The van der Waals surface area contributed by atoms with Gasteiger partial charge in [0.25, 0.3) is 11.8 Å². The summed E-state index contributed by atoms with van der Waals surface area (Å²) in [6.45, 7) is 14.7. The molecule has 166 valence electrons. The summed E-state index contributed by atoms with van der Waals surface area (Å²) in [4.78, 5) is 39.7. The number of furan rings is 1. The van der Waals surface area contributed by atoms with Crippen molar-refractivity contribution >= 4 is 29.0 Å². The molecule has 2 heterocycles. The second-order valence-electron chi connectivity index (χ2n) is 8.21. The van der Waals surface area contributed by atoms with Gasteiger partial charge in [-0.1, -0.05) is 26.0 Å². The largest absolute Gasteiger partial charge is 0.466 e. The van der Waals surface area contributed by atoms with E-state index >= 15 is 0 Å². The maximum atomic E-state index is 13.7. The average Bonchev–Trinajstić information content (AvgIpc) is 3.18. The number of carbonyl (C=O) groups excluding carboxylic acids is 3. The molecule has 6 heteroatoms. The Morgan fingerprint density at radius 2 is 1.66 bits per heavy atom. The molecule has 1 aromatic carbocycles. The molecule has 1 saturated heterocycles. The molecule has 0 N–H and O–H groups in total. The van der Waals surface area contributed by atoms with Gasteiger partial charge in [0.1, 0.15) is 17.3 Å². The Morgan fingerprint density at radius 1 is 1.06 bits per heavy atom. The lowest BCUT2D eigenvalue weighted by atomic mass is 9.87. The molecule has 1 aliphatic rings. The third-order valence-electron chi connectivity index (χ3n) is 5.24. The number of anilines is 1. The van der Waals surface area contributed by atoms with Gasteiger partial charge in [0.05, 0.1) is 16.8 Å². The van der Waals surface area contributed by atoms with Crippen molar-refractivity contribution in [3.63, 3.8) is 0 Å². The summed E-state index contributed by atoms with van der Waals surface area (Å²) in [5, 5.41) is 0. The predicted molar refractivity (Wildman–Crippen MR) is 123 cm³/mol. The minimum Gasteiger partial charge on any atom is -0.466 e. The monoisotopic (exact) mass is 433 g/mol. The zero-order valence-electron chi connectivity index (χ0n) is 19.2. The molecule has 0 spiro atoms. The van der Waals surface area contributed by atoms with Crippen LogP contribution in [0.3, 0.4) is 0 Å². The first-order valence-electron chi connectivity index (χ1n) is 10.4. The summed E-state index contributed by atoms with van der Waals surface area (Å²) in [6.07, 6.45) is 1.06. The molecule has 1 aromatic heterocycles. The van der Waals surface area contributed by atoms with Gasteiger partial charge in [-0.3, -0.25) is 9.59 Å². The Kier molecular flexibility index (Phi) is 6.35. The third kappa shape index (κ3) is 4.08. The van der Waals surface area contributed by atoms with Crippen LogP contribution in [-0.4, -0.2) is 17.8 Å². The molecule has 1 aliphatic heterocycles. The van der Waals surface area contributed by atoms with Crippen LogP contribution in [0.25, 0.3) is 5.57 Å². The van der Waals surface area contributed by atoms with Gasteiger partial charge in [-0.2, -0.15) is 0 Å². The van der Waals surface area contributed by atoms with E-state index in [1.54, 1.807) is 12.1 Å². The van der Waals surface area contributed by atoms with E-state index < -0.39 is 5.97 Å². The van der Waals surface area contributed by atoms with E-state index in [1.807, 2.05) is 47.6 Å². The van der Waals surface area contributed by atoms with E-state index in [-0.39, 0.29) is 17.7 Å². The minimum atomic E-state index is -0.588. The van der Waals surface area contributed by atoms with Crippen molar-refractivity contribution in [1.82, 2.24) is 0 Å². The van der Waals surface area contributed by atoms with Crippen molar-refractivity contribution in [2.45, 2.75) is 41.5 Å². The topological polar surface area (TPSA) is 76.8 Å². The highest BCUT2D eigenvalue weighted by Gasteiger charge is 2.43. The Balaban J connectivity index is 2.16. The number of esters is 1. The highest BCUT2D eigenvalue weighted by molar-refractivity contribution is 6.39. The van der Waals surface area contributed by atoms with E-state index in [0.29, 0.717) is 28.3 Å². The number of amides is 2. The van der Waals surface area contributed by atoms with Gasteiger partial charge in [-0.25, -0.2) is 9.69 Å². The number of imide groups is 1. The molecule has 0 aliphatic carbocycles. The molecular weight excluding hydrogens is 406 g/mol. The highest BCUT2D eigenvalue weighted by atomic mass is 16.5. The van der Waals surface area contributed by atoms with Crippen molar-refractivity contribution < 1.29 is 23.5 Å². The summed E-state index contributed by atoms with van der Waals surface area (Å²) in [5.41, 5.74) is 3.58. The Labute approximate surface area is 187 Å². The number of nitrogens with zero attached hydrogens (tertiary/aromatic N) is 1. The zero-order valence-corrected chi connectivity index (χ0v) is 19.2. The van der Waals surface area contributed by atoms with E-state index in [2.05, 4.69) is 6.58 Å². The fourth-order valence-corrected chi connectivity index (χ4v) is 3.93. The maximum absolute atomic E-state index is 13.7. The summed E-state index contributed by atoms with van der Waals surface area (Å²) < 4.78 is 10.8. The molecule has 0 atom stereocenters. The van der Waals surface area contributed by atoms with Crippen LogP contribution >= 0.6 is 0 Å². The number of benzene rings is 1. The molecule has 6 nitrogen and oxygen atoms in total. The van der Waals surface area contributed by atoms with Crippen LogP contribution in [0.4, 0.5) is 5.69 Å². The van der Waals surface area contributed by atoms with E-state index in [1.165, 1.54) is 17.0 Å². The number of aryl methyl sites for hydroxylation is 2. The molecular formula is C26H27NO5. The molecule has 3 rings (SSSR count). The number of rotatable bonds is 5. The van der Waals surface area contributed by atoms with Crippen molar-refractivity contribution in [3.8, 4) is 5.75 Å². The van der Waals surface area contributed by atoms with Crippen LogP contribution in [0, 0.1) is 19.8 Å². The fraction of sp³-hybridized carbons (Fsp3) is 0.269. The van der Waals surface area contributed by atoms with Gasteiger partial charge in [0, 0.05) is 11.6 Å². The summed E-state index contributed by atoms with van der Waals surface area (Å²) in [5.74, 6) is 0.374. The van der Waals surface area contributed by atoms with Crippen molar-refractivity contribution in [2.24, 2.45) is 5.92 Å². The van der Waals surface area contributed by atoms with Crippen molar-refractivity contribution in [1.29, 1.82) is 0 Å². The molecule has 2 amide bonds. The van der Waals surface area contributed by atoms with Gasteiger partial charge in [-0.15, -0.1) is 0 Å². The lowest BCUT2D eigenvalue weighted by molar-refractivity contribution is -0.129. The second kappa shape index (κ2) is 8.83. The Hall–Kier alpha value is -3.67. The van der Waals surface area contributed by atoms with Crippen LogP contribution in [0.5, 0.6) is 5.75 Å². The number of hydrogen-bond donors (Lipinski definition) is 0. The number of carbonyl (C=O) groups is 3.